The standard InChI is InChI=1S/C31H49NO3.ClH/c1-21(33)25-9-10-26-24-8-7-22-19-23(11-15-30(22,4)27(24)12-16-31(25,26)5)35-28(34)13-18-32-17-6-14-29(2,3)20-32;/h7,23-27H,6,8-20H2,1-5H3;1H/t23?,24?,25?,26?,27?,30-,31+;/m0./s1. The first kappa shape index (κ1) is 28.1. The molecule has 0 spiro atoms. The van der Waals surface area contributed by atoms with E-state index in [1.165, 1.54) is 32.1 Å². The molecule has 4 nitrogen and oxygen atoms in total. The largest absolute Gasteiger partial charge is 0.462 e. The van der Waals surface area contributed by atoms with Crippen molar-refractivity contribution in [3.63, 3.8) is 0 Å². The second kappa shape index (κ2) is 10.4. The number of rotatable bonds is 5. The summed E-state index contributed by atoms with van der Waals surface area (Å²) in [6.45, 7) is 14.5. The molecule has 0 N–H and O–H groups in total. The minimum Gasteiger partial charge on any atom is -0.462 e. The number of ketones is 1. The van der Waals surface area contributed by atoms with Crippen molar-refractivity contribution in [3.05, 3.63) is 11.6 Å². The predicted molar refractivity (Wildman–Crippen MR) is 147 cm³/mol. The monoisotopic (exact) mass is 519 g/mol. The Morgan fingerprint density at radius 1 is 1.03 bits per heavy atom. The molecular formula is C31H50ClNO3. The van der Waals surface area contributed by atoms with Gasteiger partial charge in [-0.3, -0.25) is 9.59 Å². The fourth-order valence-corrected chi connectivity index (χ4v) is 9.63. The van der Waals surface area contributed by atoms with Crippen molar-refractivity contribution in [2.24, 2.45) is 39.9 Å². The molecule has 0 radical (unpaired) electrons. The molecule has 1 aliphatic heterocycles. The van der Waals surface area contributed by atoms with Gasteiger partial charge in [0.05, 0.1) is 6.42 Å². The van der Waals surface area contributed by atoms with E-state index in [9.17, 15) is 9.59 Å². The van der Waals surface area contributed by atoms with Gasteiger partial charge in [0.1, 0.15) is 11.9 Å². The van der Waals surface area contributed by atoms with Gasteiger partial charge in [-0.1, -0.05) is 39.3 Å². The van der Waals surface area contributed by atoms with Gasteiger partial charge in [-0.15, -0.1) is 12.4 Å². The topological polar surface area (TPSA) is 46.6 Å². The maximum absolute atomic E-state index is 12.7. The van der Waals surface area contributed by atoms with Crippen molar-refractivity contribution >= 4 is 24.2 Å². The Hall–Kier alpha value is -0.870. The molecule has 0 aromatic carbocycles. The molecule has 7 atom stereocenters. The van der Waals surface area contributed by atoms with E-state index in [2.05, 4.69) is 38.7 Å². The molecular weight excluding hydrogens is 470 g/mol. The number of carbonyl (C=O) groups is 2. The van der Waals surface area contributed by atoms with Gasteiger partial charge >= 0.3 is 5.97 Å². The number of fused-ring (bicyclic) bond motifs is 5. The number of Topliss-reactive ketones (excluding diaryl/α,β-unsaturated/α-hetero) is 1. The smallest absolute Gasteiger partial charge is 0.307 e. The first-order valence-electron chi connectivity index (χ1n) is 14.6. The lowest BCUT2D eigenvalue weighted by Gasteiger charge is -2.58. The highest BCUT2D eigenvalue weighted by atomic mass is 35.5. The van der Waals surface area contributed by atoms with Gasteiger partial charge in [0.2, 0.25) is 0 Å². The van der Waals surface area contributed by atoms with E-state index in [1.54, 1.807) is 5.57 Å². The van der Waals surface area contributed by atoms with Crippen molar-refractivity contribution in [2.45, 2.75) is 111 Å². The number of carbonyl (C=O) groups excluding carboxylic acids is 2. The van der Waals surface area contributed by atoms with Crippen LogP contribution >= 0.6 is 12.4 Å². The normalized spacial score (nSPS) is 41.7. The Labute approximate surface area is 225 Å². The van der Waals surface area contributed by atoms with E-state index in [0.717, 1.165) is 63.6 Å². The Morgan fingerprint density at radius 2 is 1.81 bits per heavy atom. The third kappa shape index (κ3) is 5.07. The Balaban J connectivity index is 0.00000304. The van der Waals surface area contributed by atoms with Crippen LogP contribution in [-0.4, -0.2) is 42.4 Å². The van der Waals surface area contributed by atoms with Crippen LogP contribution in [0.1, 0.15) is 105 Å². The van der Waals surface area contributed by atoms with Gasteiger partial charge in [0.15, 0.2) is 0 Å². The minimum absolute atomic E-state index is 0. The predicted octanol–water partition coefficient (Wildman–Crippen LogP) is 7.00. The van der Waals surface area contributed by atoms with Crippen molar-refractivity contribution in [3.8, 4) is 0 Å². The van der Waals surface area contributed by atoms with Crippen LogP contribution in [0.5, 0.6) is 0 Å². The number of nitrogens with zero attached hydrogens (tertiary/aromatic N) is 1. The molecule has 0 aromatic heterocycles. The van der Waals surface area contributed by atoms with Gasteiger partial charge in [0.25, 0.3) is 0 Å². The summed E-state index contributed by atoms with van der Waals surface area (Å²) >= 11 is 0. The molecule has 0 bridgehead atoms. The number of esters is 1. The fraction of sp³-hybridized carbons (Fsp3) is 0.871. The summed E-state index contributed by atoms with van der Waals surface area (Å²) in [5, 5.41) is 0. The van der Waals surface area contributed by atoms with Crippen LogP contribution in [0.3, 0.4) is 0 Å². The van der Waals surface area contributed by atoms with Gasteiger partial charge in [-0.2, -0.15) is 0 Å². The maximum Gasteiger partial charge on any atom is 0.307 e. The lowest BCUT2D eigenvalue weighted by atomic mass is 9.47. The van der Waals surface area contributed by atoms with E-state index in [0.29, 0.717) is 23.5 Å². The van der Waals surface area contributed by atoms with Crippen LogP contribution in [0, 0.1) is 39.9 Å². The highest BCUT2D eigenvalue weighted by Crippen LogP contribution is 2.66. The molecule has 5 aliphatic rings. The van der Waals surface area contributed by atoms with Crippen LogP contribution in [0.25, 0.3) is 0 Å². The van der Waals surface area contributed by atoms with E-state index < -0.39 is 0 Å². The van der Waals surface area contributed by atoms with Crippen LogP contribution in [0.15, 0.2) is 11.6 Å². The minimum atomic E-state index is -0.00840. The quantitative estimate of drug-likeness (QED) is 0.290. The molecule has 36 heavy (non-hydrogen) atoms. The van der Waals surface area contributed by atoms with Gasteiger partial charge in [-0.05, 0) is 105 Å². The molecule has 5 rings (SSSR count). The molecule has 204 valence electrons. The number of likely N-dealkylation sites (tertiary alicyclic amines) is 1. The summed E-state index contributed by atoms with van der Waals surface area (Å²) < 4.78 is 6.05. The molecule has 4 aliphatic carbocycles. The van der Waals surface area contributed by atoms with Crippen molar-refractivity contribution in [2.75, 3.05) is 19.6 Å². The highest BCUT2D eigenvalue weighted by Gasteiger charge is 2.59. The summed E-state index contributed by atoms with van der Waals surface area (Å²) in [6, 6.07) is 0. The molecule has 1 saturated heterocycles. The van der Waals surface area contributed by atoms with E-state index in [-0.39, 0.29) is 41.2 Å². The molecule has 3 saturated carbocycles. The summed E-state index contributed by atoms with van der Waals surface area (Å²) in [5.74, 6) is 2.83. The fourth-order valence-electron chi connectivity index (χ4n) is 9.63. The van der Waals surface area contributed by atoms with Crippen molar-refractivity contribution < 1.29 is 14.3 Å². The van der Waals surface area contributed by atoms with Gasteiger partial charge in [0, 0.05) is 25.4 Å². The zero-order chi connectivity index (χ0) is 25.0. The second-order valence-corrected chi connectivity index (χ2v) is 14.2. The Bertz CT molecular complexity index is 883. The molecule has 1 heterocycles. The van der Waals surface area contributed by atoms with E-state index in [1.807, 2.05) is 6.92 Å². The summed E-state index contributed by atoms with van der Waals surface area (Å²) in [6.07, 6.45) is 14.6. The van der Waals surface area contributed by atoms with Gasteiger partial charge < -0.3 is 9.64 Å². The van der Waals surface area contributed by atoms with Crippen LogP contribution < -0.4 is 0 Å². The summed E-state index contributed by atoms with van der Waals surface area (Å²) in [5.41, 5.74) is 2.39. The lowest BCUT2D eigenvalue weighted by Crippen LogP contribution is -2.51. The zero-order valence-electron chi connectivity index (χ0n) is 23.4. The molecule has 4 fully saturated rings. The average molecular weight is 520 g/mol. The highest BCUT2D eigenvalue weighted by molar-refractivity contribution is 5.85. The van der Waals surface area contributed by atoms with E-state index in [4.69, 9.17) is 4.74 Å². The third-order valence-electron chi connectivity index (χ3n) is 11.5. The number of halogens is 1. The number of allylic oxidation sites excluding steroid dienone is 1. The molecule has 5 heteroatoms. The first-order valence-corrected chi connectivity index (χ1v) is 14.6. The second-order valence-electron chi connectivity index (χ2n) is 14.2. The third-order valence-corrected chi connectivity index (χ3v) is 11.5. The Kier molecular flexibility index (Phi) is 8.10. The number of hydrogen-bond acceptors (Lipinski definition) is 4. The van der Waals surface area contributed by atoms with Crippen molar-refractivity contribution in [1.82, 2.24) is 4.90 Å². The Morgan fingerprint density at radius 3 is 2.53 bits per heavy atom. The van der Waals surface area contributed by atoms with Gasteiger partial charge in [-0.25, -0.2) is 0 Å². The SMILES string of the molecule is CC(=O)C1CCC2C3CC=C4CC(OC(=O)CCN5CCCC(C)(C)C5)CC[C@]4(C)C3CC[C@]12C.Cl. The first-order chi connectivity index (χ1) is 16.5. The zero-order valence-corrected chi connectivity index (χ0v) is 24.3. The van der Waals surface area contributed by atoms with Crippen LogP contribution in [0.2, 0.25) is 0 Å². The average Bonchev–Trinajstić information content (AvgIpc) is 3.15. The number of ether oxygens (including phenoxy) is 1. The number of hydrogen-bond donors (Lipinski definition) is 0. The lowest BCUT2D eigenvalue weighted by molar-refractivity contribution is -0.152. The molecule has 0 amide bonds. The van der Waals surface area contributed by atoms with Crippen LogP contribution in [-0.2, 0) is 14.3 Å². The molecule has 5 unspecified atom stereocenters. The molecule has 0 aromatic rings. The summed E-state index contributed by atoms with van der Waals surface area (Å²) in [7, 11) is 0. The van der Waals surface area contributed by atoms with Crippen LogP contribution in [0.4, 0.5) is 0 Å². The summed E-state index contributed by atoms with van der Waals surface area (Å²) in [4.78, 5) is 27.6. The maximum atomic E-state index is 12.7. The number of piperidine rings is 1. The van der Waals surface area contributed by atoms with E-state index >= 15 is 0 Å². The van der Waals surface area contributed by atoms with Crippen molar-refractivity contribution in [1.29, 1.82) is 0 Å².